The van der Waals surface area contributed by atoms with E-state index >= 15 is 0 Å². The highest BCUT2D eigenvalue weighted by Gasteiger charge is 2.03. The Morgan fingerprint density at radius 1 is 0.762 bits per heavy atom. The Kier molecular flexibility index (Phi) is 4.74. The maximum absolute atomic E-state index is 5.90. The molecule has 0 amide bonds. The van der Waals surface area contributed by atoms with Crippen LogP contribution in [-0.2, 0) is 12.8 Å². The molecule has 3 aromatic rings. The highest BCUT2D eigenvalue weighted by atomic mass is 35.5. The first kappa shape index (κ1) is 14.4. The lowest BCUT2D eigenvalue weighted by atomic mass is 10.1. The second-order valence-corrected chi connectivity index (χ2v) is 6.72. The monoisotopic (exact) mass is 312 g/mol. The van der Waals surface area contributed by atoms with E-state index in [1.54, 1.807) is 0 Å². The number of halogens is 1. The van der Waals surface area contributed by atoms with Crippen molar-refractivity contribution in [3.63, 3.8) is 0 Å². The molecule has 0 unspecified atom stereocenters. The first-order valence-corrected chi connectivity index (χ1v) is 8.39. The zero-order chi connectivity index (χ0) is 14.5. The van der Waals surface area contributed by atoms with E-state index in [0.717, 1.165) is 17.9 Å². The van der Waals surface area contributed by atoms with E-state index in [9.17, 15) is 0 Å². The summed E-state index contributed by atoms with van der Waals surface area (Å²) in [6.45, 7) is 0. The zero-order valence-corrected chi connectivity index (χ0v) is 13.3. The van der Waals surface area contributed by atoms with Gasteiger partial charge in [-0.2, -0.15) is 0 Å². The molecule has 1 heterocycles. The Labute approximate surface area is 135 Å². The van der Waals surface area contributed by atoms with E-state index in [1.165, 1.54) is 27.3 Å². The molecule has 0 N–H and O–H groups in total. The van der Waals surface area contributed by atoms with Crippen LogP contribution in [0.5, 0.6) is 0 Å². The number of thiophene rings is 1. The molecular formula is C19H17ClS. The van der Waals surface area contributed by atoms with E-state index in [0.29, 0.717) is 0 Å². The van der Waals surface area contributed by atoms with Crippen molar-refractivity contribution < 1.29 is 0 Å². The molecule has 0 radical (unpaired) electrons. The Hall–Kier alpha value is -1.57. The summed E-state index contributed by atoms with van der Waals surface area (Å²) in [5, 5.41) is 0.810. The minimum Gasteiger partial charge on any atom is -0.140 e. The molecule has 21 heavy (non-hydrogen) atoms. The molecule has 0 bridgehead atoms. The van der Waals surface area contributed by atoms with Gasteiger partial charge < -0.3 is 0 Å². The molecule has 0 saturated carbocycles. The summed E-state index contributed by atoms with van der Waals surface area (Å²) in [4.78, 5) is 2.82. The van der Waals surface area contributed by atoms with Crippen LogP contribution in [-0.4, -0.2) is 0 Å². The van der Waals surface area contributed by atoms with Crippen molar-refractivity contribution in [1.29, 1.82) is 0 Å². The van der Waals surface area contributed by atoms with Gasteiger partial charge in [0.2, 0.25) is 0 Å². The van der Waals surface area contributed by atoms with Crippen molar-refractivity contribution in [3.05, 3.63) is 82.2 Å². The van der Waals surface area contributed by atoms with Crippen LogP contribution in [0.1, 0.15) is 16.9 Å². The van der Waals surface area contributed by atoms with Crippen molar-refractivity contribution in [2.75, 3.05) is 0 Å². The Balaban J connectivity index is 1.57. The third kappa shape index (κ3) is 3.96. The first-order chi connectivity index (χ1) is 10.3. The van der Waals surface area contributed by atoms with Gasteiger partial charge in [0.1, 0.15) is 0 Å². The Bertz CT molecular complexity index is 683. The zero-order valence-electron chi connectivity index (χ0n) is 11.8. The summed E-state index contributed by atoms with van der Waals surface area (Å²) in [6, 6.07) is 23.2. The first-order valence-electron chi connectivity index (χ1n) is 7.20. The van der Waals surface area contributed by atoms with Crippen LogP contribution in [0.15, 0.2) is 66.7 Å². The highest BCUT2D eigenvalue weighted by Crippen LogP contribution is 2.28. The van der Waals surface area contributed by atoms with Gasteiger partial charge in [-0.05, 0) is 54.7 Å². The van der Waals surface area contributed by atoms with Gasteiger partial charge in [-0.1, -0.05) is 54.1 Å². The van der Waals surface area contributed by atoms with Crippen LogP contribution in [0.25, 0.3) is 10.4 Å². The van der Waals surface area contributed by atoms with E-state index in [2.05, 4.69) is 54.6 Å². The average molecular weight is 313 g/mol. The van der Waals surface area contributed by atoms with Crippen molar-refractivity contribution in [3.8, 4) is 10.4 Å². The minimum absolute atomic E-state index is 0.810. The predicted molar refractivity (Wildman–Crippen MR) is 93.2 cm³/mol. The summed E-state index contributed by atoms with van der Waals surface area (Å²) in [5.74, 6) is 0. The largest absolute Gasteiger partial charge is 0.140 e. The second kappa shape index (κ2) is 6.93. The molecule has 0 aliphatic carbocycles. The summed E-state index contributed by atoms with van der Waals surface area (Å²) in [7, 11) is 0. The van der Waals surface area contributed by atoms with Gasteiger partial charge in [0.05, 0.1) is 0 Å². The maximum atomic E-state index is 5.90. The molecule has 0 fully saturated rings. The number of benzene rings is 2. The van der Waals surface area contributed by atoms with Gasteiger partial charge in [0.25, 0.3) is 0 Å². The van der Waals surface area contributed by atoms with Crippen molar-refractivity contribution in [2.24, 2.45) is 0 Å². The number of hydrogen-bond donors (Lipinski definition) is 0. The van der Waals surface area contributed by atoms with Crippen LogP contribution >= 0.6 is 22.9 Å². The normalized spacial score (nSPS) is 10.7. The summed E-state index contributed by atoms with van der Waals surface area (Å²) >= 11 is 7.81. The number of aryl methyl sites for hydroxylation is 2. The molecular weight excluding hydrogens is 296 g/mol. The second-order valence-electron chi connectivity index (χ2n) is 5.11. The molecule has 0 saturated heterocycles. The van der Waals surface area contributed by atoms with Gasteiger partial charge in [-0.15, -0.1) is 11.3 Å². The van der Waals surface area contributed by atoms with Crippen LogP contribution in [0.4, 0.5) is 0 Å². The molecule has 2 heteroatoms. The van der Waals surface area contributed by atoms with Gasteiger partial charge in [-0.25, -0.2) is 0 Å². The lowest BCUT2D eigenvalue weighted by Gasteiger charge is -2.01. The van der Waals surface area contributed by atoms with Crippen LogP contribution in [0, 0.1) is 0 Å². The van der Waals surface area contributed by atoms with Crippen LogP contribution in [0.2, 0.25) is 5.02 Å². The highest BCUT2D eigenvalue weighted by molar-refractivity contribution is 7.15. The smallest absolute Gasteiger partial charge is 0.0406 e. The molecule has 1 aromatic heterocycles. The molecule has 2 aromatic carbocycles. The molecule has 3 rings (SSSR count). The molecule has 0 atom stereocenters. The molecule has 0 aliphatic heterocycles. The van der Waals surface area contributed by atoms with Gasteiger partial charge in [0.15, 0.2) is 0 Å². The number of hydrogen-bond acceptors (Lipinski definition) is 1. The summed E-state index contributed by atoms with van der Waals surface area (Å²) < 4.78 is 0. The van der Waals surface area contributed by atoms with Crippen molar-refractivity contribution in [2.45, 2.75) is 19.3 Å². The fourth-order valence-electron chi connectivity index (χ4n) is 2.39. The van der Waals surface area contributed by atoms with Crippen LogP contribution < -0.4 is 0 Å². The van der Waals surface area contributed by atoms with E-state index in [-0.39, 0.29) is 0 Å². The van der Waals surface area contributed by atoms with E-state index in [4.69, 9.17) is 11.6 Å². The minimum atomic E-state index is 0.810. The number of rotatable bonds is 5. The van der Waals surface area contributed by atoms with Crippen molar-refractivity contribution >= 4 is 22.9 Å². The van der Waals surface area contributed by atoms with Gasteiger partial charge >= 0.3 is 0 Å². The fraction of sp³-hybridized carbons (Fsp3) is 0.158. The third-order valence-corrected chi connectivity index (χ3v) is 4.97. The molecule has 0 aliphatic rings. The van der Waals surface area contributed by atoms with E-state index in [1.807, 2.05) is 23.5 Å². The van der Waals surface area contributed by atoms with E-state index < -0.39 is 0 Å². The maximum Gasteiger partial charge on any atom is 0.0406 e. The lowest BCUT2D eigenvalue weighted by Crippen LogP contribution is -1.87. The Morgan fingerprint density at radius 3 is 2.29 bits per heavy atom. The SMILES string of the molecule is Clc1ccc(CCCc2ccc(-c3ccccc3)s2)cc1. The average Bonchev–Trinajstić information content (AvgIpc) is 2.99. The standard InChI is InChI=1S/C19H17ClS/c20-17-11-9-15(10-12-17)5-4-8-18-13-14-19(21-18)16-6-2-1-3-7-16/h1-3,6-7,9-14H,4-5,8H2. The quantitative estimate of drug-likeness (QED) is 0.523. The summed E-state index contributed by atoms with van der Waals surface area (Å²) in [6.07, 6.45) is 3.42. The molecule has 0 nitrogen and oxygen atoms in total. The third-order valence-electron chi connectivity index (χ3n) is 3.52. The lowest BCUT2D eigenvalue weighted by molar-refractivity contribution is 0.831. The predicted octanol–water partition coefficient (Wildman–Crippen LogP) is 6.24. The molecule has 0 spiro atoms. The summed E-state index contributed by atoms with van der Waals surface area (Å²) in [5.41, 5.74) is 2.67. The molecule has 106 valence electrons. The van der Waals surface area contributed by atoms with Gasteiger partial charge in [0, 0.05) is 14.8 Å². The van der Waals surface area contributed by atoms with Crippen molar-refractivity contribution in [1.82, 2.24) is 0 Å². The Morgan fingerprint density at radius 2 is 1.52 bits per heavy atom. The topological polar surface area (TPSA) is 0 Å². The van der Waals surface area contributed by atoms with Gasteiger partial charge in [-0.3, -0.25) is 0 Å². The van der Waals surface area contributed by atoms with Crippen LogP contribution in [0.3, 0.4) is 0 Å². The fourth-order valence-corrected chi connectivity index (χ4v) is 3.57.